The molecular weight excluding hydrogens is 236 g/mol. The second-order valence-corrected chi connectivity index (χ2v) is 0. The largest absolute Gasteiger partial charge is 1.00 e. The van der Waals surface area contributed by atoms with Gasteiger partial charge in [-0.05, 0) is 0 Å². The second kappa shape index (κ2) is 15.7. The van der Waals surface area contributed by atoms with E-state index in [1.807, 2.05) is 0 Å². The Kier molecular flexibility index (Phi) is 94.1. The fourth-order valence-corrected chi connectivity index (χ4v) is 0. The third kappa shape index (κ3) is 9.54. The molecule has 0 aliphatic heterocycles. The maximum atomic E-state index is 0. The second-order valence-electron chi connectivity index (χ2n) is 0. The Morgan fingerprint density at radius 2 is 0.750 bits per heavy atom. The molecule has 0 aromatic carbocycles. The molecule has 0 unspecified atom stereocenters. The molecule has 4 heavy (non-hydrogen) atoms. The van der Waals surface area contributed by atoms with Crippen LogP contribution in [0.3, 0.4) is 0 Å². The molecule has 0 amide bonds. The van der Waals surface area contributed by atoms with Crippen molar-refractivity contribution in [2.75, 3.05) is 0 Å². The third-order valence-corrected chi connectivity index (χ3v) is 0. The van der Waals surface area contributed by atoms with Gasteiger partial charge in [0.05, 0.1) is 0 Å². The Labute approximate surface area is 127 Å². The van der Waals surface area contributed by atoms with Gasteiger partial charge in [-0.25, -0.2) is 0 Å². The SMILES string of the molecule is [Er].[H-].[H-].[H-].[Na+].[Na+].[Na+]. The Morgan fingerprint density at radius 1 is 0.750 bits per heavy atom. The first-order valence-electron chi connectivity index (χ1n) is 0. The molecule has 0 heterocycles. The maximum Gasteiger partial charge on any atom is 1.00 e. The van der Waals surface area contributed by atoms with Gasteiger partial charge in [-0.1, -0.05) is 0 Å². The first-order valence-corrected chi connectivity index (χ1v) is 0. The summed E-state index contributed by atoms with van der Waals surface area (Å²) in [5.41, 5.74) is 0. The maximum absolute atomic E-state index is 0. The summed E-state index contributed by atoms with van der Waals surface area (Å²) in [6, 6.07) is 0. The summed E-state index contributed by atoms with van der Waals surface area (Å²) in [6.07, 6.45) is 0. The van der Waals surface area contributed by atoms with Gasteiger partial charge in [0.1, 0.15) is 0 Å². The summed E-state index contributed by atoms with van der Waals surface area (Å²) in [4.78, 5) is 0. The summed E-state index contributed by atoms with van der Waals surface area (Å²) >= 11 is 0. The van der Waals surface area contributed by atoms with Crippen LogP contribution in [0.4, 0.5) is 0 Å². The van der Waals surface area contributed by atoms with Crippen molar-refractivity contribution in [3.05, 3.63) is 0 Å². The third-order valence-electron chi connectivity index (χ3n) is 0. The molecule has 0 N–H and O–H groups in total. The average molecular weight is 239 g/mol. The van der Waals surface area contributed by atoms with Crippen molar-refractivity contribution in [1.29, 1.82) is 0 Å². The van der Waals surface area contributed by atoms with Crippen LogP contribution in [-0.4, -0.2) is 0 Å². The monoisotopic (exact) mass is 238 g/mol. The first kappa shape index (κ1) is 24.0. The van der Waals surface area contributed by atoms with Crippen molar-refractivity contribution in [2.45, 2.75) is 0 Å². The first-order chi connectivity index (χ1) is 0. The molecule has 0 aliphatic rings. The predicted molar refractivity (Wildman–Crippen MR) is 3.34 cm³/mol. The van der Waals surface area contributed by atoms with Crippen LogP contribution < -0.4 is 88.7 Å². The Bertz CT molecular complexity index is 10.1. The van der Waals surface area contributed by atoms with Crippen LogP contribution in [0.15, 0.2) is 0 Å². The molecule has 0 radical (unpaired) electrons. The van der Waals surface area contributed by atoms with Crippen LogP contribution >= 0.6 is 0 Å². The fraction of sp³-hybridized carbons (Fsp3) is 0. The molecule has 0 spiro atoms. The summed E-state index contributed by atoms with van der Waals surface area (Å²) in [6.45, 7) is 0. The summed E-state index contributed by atoms with van der Waals surface area (Å²) in [5.74, 6) is 0. The van der Waals surface area contributed by atoms with Crippen molar-refractivity contribution < 1.29 is 130 Å². The van der Waals surface area contributed by atoms with E-state index < -0.39 is 0 Å². The minimum atomic E-state index is 0. The zero-order valence-electron chi connectivity index (χ0n) is 6.29. The molecule has 0 saturated carbocycles. The van der Waals surface area contributed by atoms with Crippen LogP contribution in [0.25, 0.3) is 0 Å². The van der Waals surface area contributed by atoms with Crippen molar-refractivity contribution >= 4 is 0 Å². The van der Waals surface area contributed by atoms with E-state index in [0.717, 1.165) is 0 Å². The number of rotatable bonds is 0. The molecule has 18 valence electrons. The summed E-state index contributed by atoms with van der Waals surface area (Å²) < 4.78 is 0. The van der Waals surface area contributed by atoms with Gasteiger partial charge in [-0.15, -0.1) is 0 Å². The zero-order chi connectivity index (χ0) is 0. The zero-order valence-corrected chi connectivity index (χ0v) is 11.1. The molecule has 0 aromatic rings. The van der Waals surface area contributed by atoms with E-state index >= 15 is 0 Å². The van der Waals surface area contributed by atoms with Gasteiger partial charge in [0.2, 0.25) is 0 Å². The van der Waals surface area contributed by atoms with Crippen LogP contribution in [0.5, 0.6) is 0 Å². The van der Waals surface area contributed by atoms with Crippen molar-refractivity contribution in [2.24, 2.45) is 0 Å². The Balaban J connectivity index is 0. The quantitative estimate of drug-likeness (QED) is 0.368. The fourth-order valence-electron chi connectivity index (χ4n) is 0. The van der Waals surface area contributed by atoms with E-state index in [1.54, 1.807) is 0 Å². The van der Waals surface area contributed by atoms with Gasteiger partial charge in [-0.2, -0.15) is 0 Å². The molecule has 0 aromatic heterocycles. The molecule has 0 nitrogen and oxygen atoms in total. The standard InChI is InChI=1S/Er.3Na.3H/q;3*+1;3*-1. The van der Waals surface area contributed by atoms with E-state index in [-0.39, 0.29) is 130 Å². The normalized spacial score (nSPS) is 0. The summed E-state index contributed by atoms with van der Waals surface area (Å²) in [5, 5.41) is 0. The van der Waals surface area contributed by atoms with Crippen molar-refractivity contribution in [3.63, 3.8) is 0 Å². The van der Waals surface area contributed by atoms with E-state index in [1.165, 1.54) is 0 Å². The van der Waals surface area contributed by atoms with E-state index in [2.05, 4.69) is 0 Å². The van der Waals surface area contributed by atoms with Gasteiger partial charge in [0.25, 0.3) is 0 Å². The minimum Gasteiger partial charge on any atom is -1.00 e. The van der Waals surface area contributed by atoms with Crippen molar-refractivity contribution in [1.82, 2.24) is 0 Å². The predicted octanol–water partition coefficient (Wildman–Crippen LogP) is -8.65. The van der Waals surface area contributed by atoms with Crippen molar-refractivity contribution in [3.8, 4) is 0 Å². The smallest absolute Gasteiger partial charge is 1.00 e. The molecule has 0 fully saturated rings. The van der Waals surface area contributed by atoms with E-state index in [4.69, 9.17) is 0 Å². The Morgan fingerprint density at radius 3 is 0.750 bits per heavy atom. The van der Waals surface area contributed by atoms with Gasteiger partial charge in [-0.3, -0.25) is 0 Å². The van der Waals surface area contributed by atoms with Crippen LogP contribution in [-0.2, 0) is 0 Å². The summed E-state index contributed by atoms with van der Waals surface area (Å²) in [7, 11) is 0. The molecule has 0 saturated heterocycles. The molecule has 0 atom stereocenters. The Hall–Kier alpha value is 4.25. The molecular formula is H3ErNa3. The van der Waals surface area contributed by atoms with E-state index in [9.17, 15) is 0 Å². The van der Waals surface area contributed by atoms with Crippen LogP contribution in [0, 0.1) is 37.3 Å². The van der Waals surface area contributed by atoms with Gasteiger partial charge < -0.3 is 4.28 Å². The topological polar surface area (TPSA) is 0 Å². The minimum absolute atomic E-state index is 0. The molecule has 0 bridgehead atoms. The van der Waals surface area contributed by atoms with Gasteiger partial charge >= 0.3 is 88.7 Å². The molecule has 4 heteroatoms. The van der Waals surface area contributed by atoms with Gasteiger partial charge in [0, 0.05) is 37.3 Å². The average Bonchev–Trinajstić information content (AvgIpc) is 0. The van der Waals surface area contributed by atoms with Crippen LogP contribution in [0.2, 0.25) is 0 Å². The molecule has 0 rings (SSSR count). The van der Waals surface area contributed by atoms with E-state index in [0.29, 0.717) is 0 Å². The van der Waals surface area contributed by atoms with Crippen LogP contribution in [0.1, 0.15) is 4.28 Å². The molecule has 0 aliphatic carbocycles. The van der Waals surface area contributed by atoms with Gasteiger partial charge in [0.15, 0.2) is 0 Å². The number of hydrogen-bond donors (Lipinski definition) is 0. The number of hydrogen-bond acceptors (Lipinski definition) is 0.